The molecule has 1 aromatic carbocycles. The molecule has 0 radical (unpaired) electrons. The first-order chi connectivity index (χ1) is 11.5. The number of ketones is 1. The molecule has 3 atom stereocenters. The normalized spacial score (nSPS) is 23.9. The molecule has 3 N–H and O–H groups in total. The van der Waals surface area contributed by atoms with Crippen molar-refractivity contribution in [3.8, 4) is 0 Å². The summed E-state index contributed by atoms with van der Waals surface area (Å²) in [7, 11) is 0. The second kappa shape index (κ2) is 8.76. The lowest BCUT2D eigenvalue weighted by Gasteiger charge is -2.20. The van der Waals surface area contributed by atoms with Crippen LogP contribution in [0.5, 0.6) is 0 Å². The fourth-order valence-electron chi connectivity index (χ4n) is 3.26. The van der Waals surface area contributed by atoms with Gasteiger partial charge in [0.25, 0.3) is 0 Å². The monoisotopic (exact) mass is 332 g/mol. The van der Waals surface area contributed by atoms with Gasteiger partial charge >= 0.3 is 5.97 Å². The van der Waals surface area contributed by atoms with Gasteiger partial charge < -0.3 is 15.3 Å². The molecule has 130 valence electrons. The number of carboxylic acids is 1. The number of allylic oxidation sites excluding steroid dienone is 2. The van der Waals surface area contributed by atoms with Gasteiger partial charge in [0.15, 0.2) is 0 Å². The van der Waals surface area contributed by atoms with Crippen molar-refractivity contribution in [3.63, 3.8) is 0 Å². The average Bonchev–Trinajstić information content (AvgIpc) is 2.84. The van der Waals surface area contributed by atoms with Gasteiger partial charge in [0, 0.05) is 24.7 Å². The van der Waals surface area contributed by atoms with Crippen LogP contribution in [0.2, 0.25) is 0 Å². The highest BCUT2D eigenvalue weighted by atomic mass is 16.4. The third kappa shape index (κ3) is 4.76. The molecule has 0 aliphatic heterocycles. The van der Waals surface area contributed by atoms with E-state index in [0.717, 1.165) is 11.1 Å². The third-order valence-corrected chi connectivity index (χ3v) is 4.54. The SMILES string of the molecule is O=C(O)CCC/C=C\C[C@H]1C(=O)C[C@@H](O)[C@@H]1c1ccc(CO)cc1. The zero-order chi connectivity index (χ0) is 17.5. The van der Waals surface area contributed by atoms with Crippen molar-refractivity contribution in [3.05, 3.63) is 47.5 Å². The number of hydrogen-bond donors (Lipinski definition) is 3. The van der Waals surface area contributed by atoms with Gasteiger partial charge in [-0.15, -0.1) is 0 Å². The third-order valence-electron chi connectivity index (χ3n) is 4.54. The van der Waals surface area contributed by atoms with Crippen LogP contribution in [0.3, 0.4) is 0 Å². The zero-order valence-electron chi connectivity index (χ0n) is 13.6. The van der Waals surface area contributed by atoms with Gasteiger partial charge in [-0.05, 0) is 30.4 Å². The first-order valence-electron chi connectivity index (χ1n) is 8.30. The largest absolute Gasteiger partial charge is 0.481 e. The van der Waals surface area contributed by atoms with Crippen molar-refractivity contribution >= 4 is 11.8 Å². The number of carboxylic acid groups (broad SMARTS) is 1. The molecule has 2 rings (SSSR count). The van der Waals surface area contributed by atoms with E-state index in [1.54, 1.807) is 0 Å². The molecule has 24 heavy (non-hydrogen) atoms. The van der Waals surface area contributed by atoms with Crippen LogP contribution >= 0.6 is 0 Å². The highest BCUT2D eigenvalue weighted by molar-refractivity contribution is 5.85. The first kappa shape index (κ1) is 18.4. The van der Waals surface area contributed by atoms with Crippen LogP contribution < -0.4 is 0 Å². The fraction of sp³-hybridized carbons (Fsp3) is 0.474. The van der Waals surface area contributed by atoms with Crippen LogP contribution in [-0.2, 0) is 16.2 Å². The number of hydrogen-bond acceptors (Lipinski definition) is 4. The highest BCUT2D eigenvalue weighted by Gasteiger charge is 2.41. The number of aliphatic carboxylic acids is 1. The molecular formula is C19H24O5. The smallest absolute Gasteiger partial charge is 0.303 e. The maximum absolute atomic E-state index is 12.2. The van der Waals surface area contributed by atoms with E-state index < -0.39 is 12.1 Å². The molecular weight excluding hydrogens is 308 g/mol. The van der Waals surface area contributed by atoms with Gasteiger partial charge in [0.05, 0.1) is 12.7 Å². The Balaban J connectivity index is 1.98. The Bertz CT molecular complexity index is 590. The molecule has 0 amide bonds. The number of carbonyl (C=O) groups excluding carboxylic acids is 1. The van der Waals surface area contributed by atoms with Crippen molar-refractivity contribution in [2.24, 2.45) is 5.92 Å². The summed E-state index contributed by atoms with van der Waals surface area (Å²) in [5.41, 5.74) is 1.71. The van der Waals surface area contributed by atoms with E-state index in [-0.39, 0.29) is 37.1 Å². The molecule has 5 nitrogen and oxygen atoms in total. The van der Waals surface area contributed by atoms with E-state index in [0.29, 0.717) is 19.3 Å². The van der Waals surface area contributed by atoms with Crippen LogP contribution in [0, 0.1) is 5.92 Å². The van der Waals surface area contributed by atoms with Gasteiger partial charge in [-0.25, -0.2) is 0 Å². The average molecular weight is 332 g/mol. The van der Waals surface area contributed by atoms with E-state index >= 15 is 0 Å². The number of carbonyl (C=O) groups is 2. The molecule has 1 aliphatic carbocycles. The van der Waals surface area contributed by atoms with Crippen molar-refractivity contribution in [1.82, 2.24) is 0 Å². The summed E-state index contributed by atoms with van der Waals surface area (Å²) in [5, 5.41) is 28.0. The van der Waals surface area contributed by atoms with E-state index in [1.165, 1.54) is 0 Å². The molecule has 0 saturated heterocycles. The highest BCUT2D eigenvalue weighted by Crippen LogP contribution is 2.39. The maximum Gasteiger partial charge on any atom is 0.303 e. The quantitative estimate of drug-likeness (QED) is 0.502. The van der Waals surface area contributed by atoms with E-state index in [9.17, 15) is 14.7 Å². The zero-order valence-corrected chi connectivity index (χ0v) is 13.6. The van der Waals surface area contributed by atoms with Crippen molar-refractivity contribution in [1.29, 1.82) is 0 Å². The van der Waals surface area contributed by atoms with Crippen LogP contribution in [0.25, 0.3) is 0 Å². The topological polar surface area (TPSA) is 94.8 Å². The minimum Gasteiger partial charge on any atom is -0.481 e. The molecule has 1 fully saturated rings. The summed E-state index contributed by atoms with van der Waals surface area (Å²) in [5.74, 6) is -1.22. The Morgan fingerprint density at radius 3 is 2.54 bits per heavy atom. The summed E-state index contributed by atoms with van der Waals surface area (Å²) < 4.78 is 0. The van der Waals surface area contributed by atoms with E-state index in [1.807, 2.05) is 36.4 Å². The Morgan fingerprint density at radius 1 is 1.21 bits per heavy atom. The van der Waals surface area contributed by atoms with Crippen molar-refractivity contribution < 1.29 is 24.9 Å². The summed E-state index contributed by atoms with van der Waals surface area (Å²) in [6, 6.07) is 7.34. The maximum atomic E-state index is 12.2. The van der Waals surface area contributed by atoms with Gasteiger partial charge in [0.2, 0.25) is 0 Å². The number of aliphatic hydroxyl groups excluding tert-OH is 2. The molecule has 5 heteroatoms. The Morgan fingerprint density at radius 2 is 1.92 bits per heavy atom. The van der Waals surface area contributed by atoms with Crippen molar-refractivity contribution in [2.75, 3.05) is 0 Å². The molecule has 0 aromatic heterocycles. The molecule has 0 unspecified atom stereocenters. The Kier molecular flexibility index (Phi) is 6.70. The second-order valence-electron chi connectivity index (χ2n) is 6.26. The summed E-state index contributed by atoms with van der Waals surface area (Å²) in [6.07, 6.45) is 5.27. The molecule has 0 bridgehead atoms. The minimum atomic E-state index is -0.802. The Labute approximate surface area is 141 Å². The van der Waals surface area contributed by atoms with Gasteiger partial charge in [-0.1, -0.05) is 36.4 Å². The number of rotatable bonds is 8. The second-order valence-corrected chi connectivity index (χ2v) is 6.26. The summed E-state index contributed by atoms with van der Waals surface area (Å²) in [6.45, 7) is -0.0328. The molecule has 0 spiro atoms. The number of benzene rings is 1. The lowest BCUT2D eigenvalue weighted by Crippen LogP contribution is -2.18. The minimum absolute atomic E-state index is 0.0328. The molecule has 0 heterocycles. The predicted molar refractivity (Wildman–Crippen MR) is 89.5 cm³/mol. The van der Waals surface area contributed by atoms with Crippen LogP contribution in [0.1, 0.15) is 49.1 Å². The lowest BCUT2D eigenvalue weighted by molar-refractivity contribution is -0.137. The van der Waals surface area contributed by atoms with Gasteiger partial charge in [-0.3, -0.25) is 9.59 Å². The fourth-order valence-corrected chi connectivity index (χ4v) is 3.26. The summed E-state index contributed by atoms with van der Waals surface area (Å²) in [4.78, 5) is 22.6. The molecule has 1 saturated carbocycles. The standard InChI is InChI=1S/C19H24O5/c20-12-13-7-9-14(10-8-13)19-15(16(21)11-17(19)22)5-3-1-2-4-6-18(23)24/h1,3,7-10,15,17,19-20,22H,2,4-6,11-12H2,(H,23,24)/b3-1-/t15-,17+,19+/m0/s1. The van der Waals surface area contributed by atoms with Gasteiger partial charge in [0.1, 0.15) is 5.78 Å². The lowest BCUT2D eigenvalue weighted by atomic mass is 9.85. The number of Topliss-reactive ketones (excluding diaryl/α,β-unsaturated/α-hetero) is 1. The number of unbranched alkanes of at least 4 members (excludes halogenated alkanes) is 1. The van der Waals surface area contributed by atoms with Crippen molar-refractivity contribution in [2.45, 2.75) is 50.7 Å². The number of aliphatic hydroxyl groups is 2. The molecule has 1 aromatic rings. The predicted octanol–water partition coefficient (Wildman–Crippen LogP) is 2.41. The van der Waals surface area contributed by atoms with Crippen LogP contribution in [0.15, 0.2) is 36.4 Å². The van der Waals surface area contributed by atoms with E-state index in [2.05, 4.69) is 0 Å². The molecule has 1 aliphatic rings. The van der Waals surface area contributed by atoms with Gasteiger partial charge in [-0.2, -0.15) is 0 Å². The Hall–Kier alpha value is -1.98. The first-order valence-corrected chi connectivity index (χ1v) is 8.30. The van der Waals surface area contributed by atoms with E-state index in [4.69, 9.17) is 10.2 Å². The van der Waals surface area contributed by atoms with Crippen LogP contribution in [-0.4, -0.2) is 33.2 Å². The van der Waals surface area contributed by atoms with Crippen LogP contribution in [0.4, 0.5) is 0 Å². The summed E-state index contributed by atoms with van der Waals surface area (Å²) >= 11 is 0.